The summed E-state index contributed by atoms with van der Waals surface area (Å²) in [6, 6.07) is 7.16. The Morgan fingerprint density at radius 3 is 2.68 bits per heavy atom. The van der Waals surface area contributed by atoms with Crippen molar-refractivity contribution in [3.05, 3.63) is 42.0 Å². The number of esters is 1. The average Bonchev–Trinajstić information content (AvgIpc) is 2.56. The number of carbonyl (C=O) groups excluding carboxylic acids is 1. The van der Waals surface area contributed by atoms with Gasteiger partial charge in [0.05, 0.1) is 12.2 Å². The van der Waals surface area contributed by atoms with E-state index in [0.29, 0.717) is 18.8 Å². The zero-order valence-corrected chi connectivity index (χ0v) is 13.3. The number of hydrogen-bond acceptors (Lipinski definition) is 4. The summed E-state index contributed by atoms with van der Waals surface area (Å²) >= 11 is 0. The Bertz CT molecular complexity index is 482. The van der Waals surface area contributed by atoms with E-state index in [1.807, 2.05) is 12.1 Å². The standard InChI is InChI=1S/C18H25NO3/c1-2-3-14-21-17-9-7-16(8-10-17)18(20)22-15-13-19-11-5-4-6-12-19/h4-5,7-10H,2-3,6,11-15H2,1H3. The Hall–Kier alpha value is -1.81. The van der Waals surface area contributed by atoms with Gasteiger partial charge in [0.25, 0.3) is 0 Å². The van der Waals surface area contributed by atoms with Crippen molar-refractivity contribution >= 4 is 5.97 Å². The van der Waals surface area contributed by atoms with Crippen molar-refractivity contribution in [3.8, 4) is 5.75 Å². The molecule has 1 aliphatic rings. The van der Waals surface area contributed by atoms with Crippen LogP contribution in [-0.2, 0) is 4.74 Å². The summed E-state index contributed by atoms with van der Waals surface area (Å²) < 4.78 is 10.9. The van der Waals surface area contributed by atoms with Crippen molar-refractivity contribution in [1.29, 1.82) is 0 Å². The Kier molecular flexibility index (Phi) is 6.97. The highest BCUT2D eigenvalue weighted by atomic mass is 16.5. The first-order valence-electron chi connectivity index (χ1n) is 8.07. The minimum Gasteiger partial charge on any atom is -0.494 e. The Balaban J connectivity index is 1.71. The number of unbranched alkanes of at least 4 members (excludes halogenated alkanes) is 1. The lowest BCUT2D eigenvalue weighted by Gasteiger charge is -2.22. The predicted octanol–water partition coefficient (Wildman–Crippen LogP) is 3.28. The van der Waals surface area contributed by atoms with Gasteiger partial charge in [0.2, 0.25) is 0 Å². The van der Waals surface area contributed by atoms with Gasteiger partial charge in [-0.25, -0.2) is 4.79 Å². The molecule has 0 radical (unpaired) electrons. The van der Waals surface area contributed by atoms with E-state index in [-0.39, 0.29) is 5.97 Å². The van der Waals surface area contributed by atoms with E-state index < -0.39 is 0 Å². The lowest BCUT2D eigenvalue weighted by Crippen LogP contribution is -2.31. The van der Waals surface area contributed by atoms with Gasteiger partial charge in [0.1, 0.15) is 12.4 Å². The second kappa shape index (κ2) is 9.26. The summed E-state index contributed by atoms with van der Waals surface area (Å²) in [5, 5.41) is 0. The van der Waals surface area contributed by atoms with Crippen LogP contribution in [0, 0.1) is 0 Å². The van der Waals surface area contributed by atoms with Crippen molar-refractivity contribution in [2.45, 2.75) is 26.2 Å². The summed E-state index contributed by atoms with van der Waals surface area (Å²) in [5.74, 6) is 0.526. The fourth-order valence-corrected chi connectivity index (χ4v) is 2.27. The van der Waals surface area contributed by atoms with Crippen LogP contribution in [-0.4, -0.2) is 43.7 Å². The summed E-state index contributed by atoms with van der Waals surface area (Å²) in [6.45, 7) is 6.04. The molecule has 1 aliphatic heterocycles. The molecule has 0 saturated heterocycles. The molecule has 4 nitrogen and oxygen atoms in total. The minimum atomic E-state index is -0.271. The molecule has 1 heterocycles. The van der Waals surface area contributed by atoms with E-state index in [1.54, 1.807) is 12.1 Å². The maximum absolute atomic E-state index is 12.0. The minimum absolute atomic E-state index is 0.271. The van der Waals surface area contributed by atoms with Crippen LogP contribution >= 0.6 is 0 Å². The van der Waals surface area contributed by atoms with Gasteiger partial charge in [-0.05, 0) is 37.1 Å². The van der Waals surface area contributed by atoms with Crippen LogP contribution in [0.2, 0.25) is 0 Å². The molecule has 0 aliphatic carbocycles. The van der Waals surface area contributed by atoms with E-state index in [1.165, 1.54) is 0 Å². The molecule has 0 aromatic heterocycles. The van der Waals surface area contributed by atoms with Crippen molar-refractivity contribution < 1.29 is 14.3 Å². The van der Waals surface area contributed by atoms with Gasteiger partial charge in [-0.1, -0.05) is 25.5 Å². The molecular formula is C18H25NO3. The van der Waals surface area contributed by atoms with Crippen LogP contribution in [0.4, 0.5) is 0 Å². The van der Waals surface area contributed by atoms with E-state index in [4.69, 9.17) is 9.47 Å². The zero-order valence-electron chi connectivity index (χ0n) is 13.3. The Morgan fingerprint density at radius 1 is 1.18 bits per heavy atom. The van der Waals surface area contributed by atoms with Gasteiger partial charge in [-0.15, -0.1) is 0 Å². The molecule has 0 N–H and O–H groups in total. The first-order valence-corrected chi connectivity index (χ1v) is 8.07. The highest BCUT2D eigenvalue weighted by Crippen LogP contribution is 2.13. The molecule has 120 valence electrons. The van der Waals surface area contributed by atoms with Gasteiger partial charge in [0, 0.05) is 19.6 Å². The maximum atomic E-state index is 12.0. The van der Waals surface area contributed by atoms with Crippen LogP contribution in [0.3, 0.4) is 0 Å². The lowest BCUT2D eigenvalue weighted by atomic mass is 10.2. The molecule has 0 amide bonds. The van der Waals surface area contributed by atoms with Crippen molar-refractivity contribution in [1.82, 2.24) is 4.90 Å². The van der Waals surface area contributed by atoms with E-state index in [2.05, 4.69) is 24.0 Å². The second-order valence-electron chi connectivity index (χ2n) is 5.42. The van der Waals surface area contributed by atoms with E-state index in [9.17, 15) is 4.79 Å². The summed E-state index contributed by atoms with van der Waals surface area (Å²) in [6.07, 6.45) is 7.56. The smallest absolute Gasteiger partial charge is 0.338 e. The SMILES string of the molecule is CCCCOc1ccc(C(=O)OCCN2CC=CCC2)cc1. The van der Waals surface area contributed by atoms with Crippen LogP contribution in [0.25, 0.3) is 0 Å². The molecular weight excluding hydrogens is 278 g/mol. The predicted molar refractivity (Wildman–Crippen MR) is 87.3 cm³/mol. The normalized spacial score (nSPS) is 14.8. The fourth-order valence-electron chi connectivity index (χ4n) is 2.27. The summed E-state index contributed by atoms with van der Waals surface area (Å²) in [4.78, 5) is 14.2. The molecule has 2 rings (SSSR count). The van der Waals surface area contributed by atoms with Crippen molar-refractivity contribution in [3.63, 3.8) is 0 Å². The van der Waals surface area contributed by atoms with E-state index in [0.717, 1.165) is 44.6 Å². The third kappa shape index (κ3) is 5.53. The van der Waals surface area contributed by atoms with Gasteiger partial charge < -0.3 is 9.47 Å². The third-order valence-corrected chi connectivity index (χ3v) is 3.64. The molecule has 22 heavy (non-hydrogen) atoms. The molecule has 0 atom stereocenters. The van der Waals surface area contributed by atoms with Gasteiger partial charge in [0.15, 0.2) is 0 Å². The Labute approximate surface area is 132 Å². The third-order valence-electron chi connectivity index (χ3n) is 3.64. The first-order chi connectivity index (χ1) is 10.8. The summed E-state index contributed by atoms with van der Waals surface area (Å²) in [7, 11) is 0. The van der Waals surface area contributed by atoms with Crippen molar-refractivity contribution in [2.24, 2.45) is 0 Å². The molecule has 1 aromatic rings. The zero-order chi connectivity index (χ0) is 15.6. The lowest BCUT2D eigenvalue weighted by molar-refractivity contribution is 0.0466. The number of benzene rings is 1. The number of carbonyl (C=O) groups is 1. The average molecular weight is 303 g/mol. The molecule has 4 heteroatoms. The molecule has 1 aromatic carbocycles. The molecule has 0 saturated carbocycles. The quantitative estimate of drug-likeness (QED) is 0.420. The van der Waals surface area contributed by atoms with Gasteiger partial charge in [-0.2, -0.15) is 0 Å². The fraction of sp³-hybridized carbons (Fsp3) is 0.500. The van der Waals surface area contributed by atoms with Crippen LogP contribution < -0.4 is 4.74 Å². The topological polar surface area (TPSA) is 38.8 Å². The molecule has 0 unspecified atom stereocenters. The second-order valence-corrected chi connectivity index (χ2v) is 5.42. The monoisotopic (exact) mass is 303 g/mol. The number of nitrogens with zero attached hydrogens (tertiary/aromatic N) is 1. The highest BCUT2D eigenvalue weighted by molar-refractivity contribution is 5.89. The maximum Gasteiger partial charge on any atom is 0.338 e. The van der Waals surface area contributed by atoms with Crippen molar-refractivity contribution in [2.75, 3.05) is 32.8 Å². The number of hydrogen-bond donors (Lipinski definition) is 0. The van der Waals surface area contributed by atoms with Gasteiger partial charge in [-0.3, -0.25) is 4.90 Å². The number of rotatable bonds is 8. The first kappa shape index (κ1) is 16.6. The number of ether oxygens (including phenoxy) is 2. The summed E-state index contributed by atoms with van der Waals surface area (Å²) in [5.41, 5.74) is 0.571. The molecule has 0 spiro atoms. The molecule has 0 fully saturated rings. The van der Waals surface area contributed by atoms with Crippen LogP contribution in [0.5, 0.6) is 5.75 Å². The largest absolute Gasteiger partial charge is 0.494 e. The Morgan fingerprint density at radius 2 is 2.00 bits per heavy atom. The molecule has 0 bridgehead atoms. The highest BCUT2D eigenvalue weighted by Gasteiger charge is 2.10. The van der Waals surface area contributed by atoms with Gasteiger partial charge >= 0.3 is 5.97 Å². The van der Waals surface area contributed by atoms with Crippen LogP contribution in [0.1, 0.15) is 36.5 Å². The van der Waals surface area contributed by atoms with E-state index >= 15 is 0 Å². The van der Waals surface area contributed by atoms with Crippen LogP contribution in [0.15, 0.2) is 36.4 Å².